The zero-order valence-corrected chi connectivity index (χ0v) is 11.8. The zero-order chi connectivity index (χ0) is 13.5. The summed E-state index contributed by atoms with van der Waals surface area (Å²) in [5, 5.41) is 2.09. The Labute approximate surface area is 122 Å². The quantitative estimate of drug-likeness (QED) is 0.842. The molecule has 1 aliphatic carbocycles. The predicted octanol–water partition coefficient (Wildman–Crippen LogP) is 1.70. The van der Waals surface area contributed by atoms with Crippen LogP contribution in [-0.4, -0.2) is 39.1 Å². The number of allylic oxidation sites excluding steroid dienone is 2. The average molecular weight is 289 g/mol. The minimum Gasteiger partial charge on any atom is -0.408 e. The van der Waals surface area contributed by atoms with Crippen LogP contribution in [0.25, 0.3) is 5.57 Å². The lowest BCUT2D eigenvalue weighted by atomic mass is 9.64. The van der Waals surface area contributed by atoms with Crippen LogP contribution in [0.2, 0.25) is 5.82 Å². The second-order valence-corrected chi connectivity index (χ2v) is 6.11. The second-order valence-electron chi connectivity index (χ2n) is 5.17. The van der Waals surface area contributed by atoms with Crippen LogP contribution in [0.3, 0.4) is 0 Å². The Kier molecular flexibility index (Phi) is 3.28. The minimum atomic E-state index is -0.231. The summed E-state index contributed by atoms with van der Waals surface area (Å²) in [6.07, 6.45) is 4.25. The van der Waals surface area contributed by atoms with E-state index in [4.69, 9.17) is 19.8 Å². The van der Waals surface area contributed by atoms with Gasteiger partial charge >= 0.3 is 7.12 Å². The molecule has 0 amide bonds. The van der Waals surface area contributed by atoms with Gasteiger partial charge in [0.15, 0.2) is 0 Å². The van der Waals surface area contributed by atoms with Crippen molar-refractivity contribution in [3.05, 3.63) is 40.1 Å². The van der Waals surface area contributed by atoms with Crippen LogP contribution in [0, 0.1) is 0 Å². The third kappa shape index (κ3) is 1.91. The van der Waals surface area contributed by atoms with Crippen molar-refractivity contribution in [3.8, 4) is 0 Å². The van der Waals surface area contributed by atoms with Crippen molar-refractivity contribution in [1.29, 1.82) is 0 Å². The first kappa shape index (κ1) is 12.8. The molecule has 3 atom stereocenters. The van der Waals surface area contributed by atoms with Gasteiger partial charge in [0.25, 0.3) is 0 Å². The van der Waals surface area contributed by atoms with E-state index in [1.54, 1.807) is 11.3 Å². The summed E-state index contributed by atoms with van der Waals surface area (Å²) in [6, 6.07) is 4.20. The molecule has 0 radical (unpaired) electrons. The van der Waals surface area contributed by atoms with Gasteiger partial charge in [0.05, 0.1) is 25.4 Å². The molecule has 4 rings (SSSR count). The van der Waals surface area contributed by atoms with Crippen molar-refractivity contribution in [2.24, 2.45) is 5.73 Å². The topological polar surface area (TPSA) is 53.7 Å². The van der Waals surface area contributed by atoms with Gasteiger partial charge in [-0.15, -0.1) is 11.3 Å². The van der Waals surface area contributed by atoms with E-state index in [1.165, 1.54) is 16.0 Å². The summed E-state index contributed by atoms with van der Waals surface area (Å²) in [5.41, 5.74) is 8.38. The highest BCUT2D eigenvalue weighted by atomic mass is 32.1. The van der Waals surface area contributed by atoms with Gasteiger partial charge in [0.2, 0.25) is 0 Å². The summed E-state index contributed by atoms with van der Waals surface area (Å²) >= 11 is 1.74. The average Bonchev–Trinajstić information content (AvgIpc) is 3.07. The lowest BCUT2D eigenvalue weighted by molar-refractivity contribution is 0.0724. The molecule has 0 spiro atoms. The van der Waals surface area contributed by atoms with Crippen LogP contribution in [0.15, 0.2) is 35.2 Å². The first-order valence-corrected chi connectivity index (χ1v) is 7.81. The van der Waals surface area contributed by atoms with E-state index in [0.717, 1.165) is 0 Å². The molecule has 2 N–H and O–H groups in total. The Hall–Kier alpha value is -0.915. The van der Waals surface area contributed by atoms with Crippen molar-refractivity contribution in [1.82, 2.24) is 0 Å². The van der Waals surface area contributed by atoms with E-state index < -0.39 is 0 Å². The molecule has 2 unspecified atom stereocenters. The molecule has 3 aliphatic rings. The highest BCUT2D eigenvalue weighted by Gasteiger charge is 2.51. The monoisotopic (exact) mass is 289 g/mol. The number of ether oxygens (including phenoxy) is 1. The molecule has 1 aromatic rings. The van der Waals surface area contributed by atoms with E-state index >= 15 is 0 Å². The van der Waals surface area contributed by atoms with Crippen LogP contribution in [0.5, 0.6) is 0 Å². The fourth-order valence-electron chi connectivity index (χ4n) is 3.26. The molecule has 0 aromatic carbocycles. The van der Waals surface area contributed by atoms with Gasteiger partial charge in [-0.2, -0.15) is 0 Å². The predicted molar refractivity (Wildman–Crippen MR) is 79.5 cm³/mol. The van der Waals surface area contributed by atoms with Crippen molar-refractivity contribution < 1.29 is 14.0 Å². The third-order valence-corrected chi connectivity index (χ3v) is 4.99. The number of nitrogens with two attached hydrogens (primary N) is 1. The molecule has 6 heteroatoms. The van der Waals surface area contributed by atoms with Crippen molar-refractivity contribution in [3.63, 3.8) is 0 Å². The van der Waals surface area contributed by atoms with Crippen LogP contribution in [-0.2, 0) is 14.0 Å². The first-order chi connectivity index (χ1) is 9.88. The van der Waals surface area contributed by atoms with Crippen molar-refractivity contribution in [2.75, 3.05) is 19.8 Å². The highest BCUT2D eigenvalue weighted by Crippen LogP contribution is 2.47. The molecule has 0 bridgehead atoms. The molecule has 0 saturated carbocycles. The standard InChI is InChI=1S/C14H16BNO3S/c16-8-11-13-9(12-2-1-7-20-12)3-4-10-14(13)15(19-11)18-6-5-17-10/h1-4,7,10-11,14H,5-6,8,16H2/t10?,11-,14?/m1/s1. The molecular weight excluding hydrogens is 273 g/mol. The largest absolute Gasteiger partial charge is 0.468 e. The van der Waals surface area contributed by atoms with E-state index in [0.29, 0.717) is 19.8 Å². The first-order valence-electron chi connectivity index (χ1n) is 6.93. The van der Waals surface area contributed by atoms with E-state index in [-0.39, 0.29) is 25.1 Å². The second kappa shape index (κ2) is 5.13. The summed E-state index contributed by atoms with van der Waals surface area (Å²) in [4.78, 5) is 1.25. The van der Waals surface area contributed by atoms with Crippen LogP contribution >= 0.6 is 11.3 Å². The Morgan fingerprint density at radius 3 is 3.15 bits per heavy atom. The molecule has 20 heavy (non-hydrogen) atoms. The number of thiophene rings is 1. The maximum atomic E-state index is 6.02. The van der Waals surface area contributed by atoms with Gasteiger partial charge in [-0.25, -0.2) is 0 Å². The summed E-state index contributed by atoms with van der Waals surface area (Å²) in [5.74, 6) is 0.133. The molecule has 2 aliphatic heterocycles. The van der Waals surface area contributed by atoms with Gasteiger partial charge in [-0.05, 0) is 22.6 Å². The molecule has 2 fully saturated rings. The van der Waals surface area contributed by atoms with Gasteiger partial charge in [-0.1, -0.05) is 18.2 Å². The zero-order valence-electron chi connectivity index (χ0n) is 11.0. The van der Waals surface area contributed by atoms with E-state index in [2.05, 4.69) is 29.7 Å². The molecule has 3 heterocycles. The number of hydrogen-bond donors (Lipinski definition) is 1. The Morgan fingerprint density at radius 1 is 1.40 bits per heavy atom. The van der Waals surface area contributed by atoms with E-state index in [9.17, 15) is 0 Å². The maximum Gasteiger partial charge on any atom is 0.468 e. The van der Waals surface area contributed by atoms with Gasteiger partial charge in [0.1, 0.15) is 0 Å². The highest BCUT2D eigenvalue weighted by molar-refractivity contribution is 7.11. The lowest BCUT2D eigenvalue weighted by Gasteiger charge is -2.26. The molecule has 2 saturated heterocycles. The van der Waals surface area contributed by atoms with E-state index in [1.807, 2.05) is 0 Å². The van der Waals surface area contributed by atoms with Crippen LogP contribution in [0.1, 0.15) is 4.88 Å². The van der Waals surface area contributed by atoms with Gasteiger partial charge in [0, 0.05) is 17.2 Å². The Bertz CT molecular complexity index is 557. The minimum absolute atomic E-state index is 0.0396. The summed E-state index contributed by atoms with van der Waals surface area (Å²) in [6.45, 7) is 1.66. The number of hydrogen-bond acceptors (Lipinski definition) is 5. The van der Waals surface area contributed by atoms with Crippen LogP contribution < -0.4 is 5.73 Å². The van der Waals surface area contributed by atoms with Crippen LogP contribution in [0.4, 0.5) is 0 Å². The van der Waals surface area contributed by atoms with Crippen molar-refractivity contribution in [2.45, 2.75) is 18.0 Å². The Morgan fingerprint density at radius 2 is 2.35 bits per heavy atom. The molecule has 1 aromatic heterocycles. The molecular formula is C14H16BNO3S. The smallest absolute Gasteiger partial charge is 0.408 e. The normalized spacial score (nSPS) is 32.5. The molecule has 104 valence electrons. The van der Waals surface area contributed by atoms with Crippen molar-refractivity contribution >= 4 is 24.0 Å². The summed E-state index contributed by atoms with van der Waals surface area (Å²) in [7, 11) is -0.231. The maximum absolute atomic E-state index is 6.02. The SMILES string of the molecule is NC[C@H]1OB2OCCOC3C=CC(c4cccs4)=C1C23. The lowest BCUT2D eigenvalue weighted by Crippen LogP contribution is -2.29. The van der Waals surface area contributed by atoms with Gasteiger partial charge < -0.3 is 19.8 Å². The third-order valence-electron chi connectivity index (χ3n) is 4.09. The summed E-state index contributed by atoms with van der Waals surface area (Å²) < 4.78 is 17.7. The molecule has 4 nitrogen and oxygen atoms in total. The Balaban J connectivity index is 1.83. The number of rotatable bonds is 2. The van der Waals surface area contributed by atoms with Gasteiger partial charge in [-0.3, -0.25) is 0 Å². The fourth-order valence-corrected chi connectivity index (χ4v) is 4.04. The fraction of sp³-hybridized carbons (Fsp3) is 0.429.